The van der Waals surface area contributed by atoms with Gasteiger partial charge in [-0.15, -0.1) is 11.8 Å². The lowest BCUT2D eigenvalue weighted by molar-refractivity contribution is -0.131. The van der Waals surface area contributed by atoms with Crippen molar-refractivity contribution in [2.24, 2.45) is 0 Å². The van der Waals surface area contributed by atoms with Crippen molar-refractivity contribution in [3.8, 4) is 0 Å². The van der Waals surface area contributed by atoms with Crippen molar-refractivity contribution >= 4 is 35.0 Å². The Morgan fingerprint density at radius 3 is 2.18 bits per heavy atom. The number of fused-ring (bicyclic) bond motifs is 3. The maximum absolute atomic E-state index is 13.9. The van der Waals surface area contributed by atoms with Gasteiger partial charge in [0.2, 0.25) is 5.91 Å². The Labute approximate surface area is 203 Å². The predicted molar refractivity (Wildman–Crippen MR) is 136 cm³/mol. The lowest BCUT2D eigenvalue weighted by Gasteiger charge is -2.58. The summed E-state index contributed by atoms with van der Waals surface area (Å²) in [6.07, 6.45) is 0.769. The molecule has 4 aromatic rings. The highest BCUT2D eigenvalue weighted by molar-refractivity contribution is 7.99. The van der Waals surface area contributed by atoms with E-state index in [4.69, 9.17) is 11.6 Å². The zero-order valence-corrected chi connectivity index (χ0v) is 19.5. The number of halogens is 1. The largest absolute Gasteiger partial charge is 0.299 e. The molecule has 0 radical (unpaired) electrons. The van der Waals surface area contributed by atoms with E-state index in [0.717, 1.165) is 38.7 Å². The molecule has 1 amide bonds. The molecule has 0 spiro atoms. The van der Waals surface area contributed by atoms with Crippen LogP contribution in [0.2, 0.25) is 5.02 Å². The summed E-state index contributed by atoms with van der Waals surface area (Å²) < 4.78 is 0. The molecule has 2 aliphatic rings. The molecule has 4 heteroatoms. The Morgan fingerprint density at radius 2 is 1.42 bits per heavy atom. The molecule has 1 saturated heterocycles. The molecular formula is C29H22ClNOS. The Hall–Kier alpha value is -3.01. The van der Waals surface area contributed by atoms with E-state index in [2.05, 4.69) is 59.5 Å². The Balaban J connectivity index is 1.62. The third-order valence-corrected chi connectivity index (χ3v) is 8.52. The van der Waals surface area contributed by atoms with Crippen LogP contribution in [0.1, 0.15) is 34.3 Å². The summed E-state index contributed by atoms with van der Waals surface area (Å²) in [4.78, 5) is 17.1. The first-order chi connectivity index (χ1) is 16.2. The summed E-state index contributed by atoms with van der Waals surface area (Å²) in [6, 6.07) is 37.1. The summed E-state index contributed by atoms with van der Waals surface area (Å²) >= 11 is 8.53. The molecule has 1 fully saturated rings. The minimum absolute atomic E-state index is 0.101. The fourth-order valence-corrected chi connectivity index (χ4v) is 7.21. The minimum Gasteiger partial charge on any atom is -0.299 e. The van der Waals surface area contributed by atoms with Crippen molar-refractivity contribution in [2.45, 2.75) is 28.0 Å². The maximum Gasteiger partial charge on any atom is 0.238 e. The number of carbonyl (C=O) groups is 1. The highest BCUT2D eigenvalue weighted by atomic mass is 35.5. The molecule has 4 aromatic carbocycles. The highest BCUT2D eigenvalue weighted by Gasteiger charge is 2.64. The van der Waals surface area contributed by atoms with Crippen LogP contribution in [-0.2, 0) is 10.3 Å². The van der Waals surface area contributed by atoms with Gasteiger partial charge < -0.3 is 0 Å². The SMILES string of the molecule is O=C1C(c2ccccc2)C2(c3ccccc3)CC(c3ccccc3Cl)Sc3ccccc3N12. The number of carbonyl (C=O) groups excluding carboxylic acids is 1. The van der Waals surface area contributed by atoms with E-state index in [1.54, 1.807) is 11.8 Å². The van der Waals surface area contributed by atoms with Gasteiger partial charge in [-0.25, -0.2) is 0 Å². The second-order valence-corrected chi connectivity index (χ2v) is 10.3. The van der Waals surface area contributed by atoms with E-state index in [1.807, 2.05) is 54.6 Å². The van der Waals surface area contributed by atoms with Crippen LogP contribution < -0.4 is 4.90 Å². The average molecular weight is 468 g/mol. The summed E-state index contributed by atoms with van der Waals surface area (Å²) in [6.45, 7) is 0. The van der Waals surface area contributed by atoms with Crippen LogP contribution in [0.3, 0.4) is 0 Å². The molecule has 2 nitrogen and oxygen atoms in total. The second-order valence-electron chi connectivity index (χ2n) is 8.61. The number of rotatable bonds is 3. The molecule has 0 N–H and O–H groups in total. The Bertz CT molecular complexity index is 1330. The van der Waals surface area contributed by atoms with Gasteiger partial charge in [-0.3, -0.25) is 9.69 Å². The van der Waals surface area contributed by atoms with Gasteiger partial charge >= 0.3 is 0 Å². The highest BCUT2D eigenvalue weighted by Crippen LogP contribution is 2.63. The van der Waals surface area contributed by atoms with Gasteiger partial charge in [-0.2, -0.15) is 0 Å². The fraction of sp³-hybridized carbons (Fsp3) is 0.138. The molecule has 3 unspecified atom stereocenters. The Morgan fingerprint density at radius 1 is 0.788 bits per heavy atom. The monoisotopic (exact) mass is 467 g/mol. The van der Waals surface area contributed by atoms with Crippen LogP contribution in [0.4, 0.5) is 5.69 Å². The van der Waals surface area contributed by atoms with Crippen LogP contribution >= 0.6 is 23.4 Å². The van der Waals surface area contributed by atoms with E-state index < -0.39 is 5.54 Å². The summed E-state index contributed by atoms with van der Waals surface area (Å²) in [5, 5.41) is 0.871. The van der Waals surface area contributed by atoms with Crippen molar-refractivity contribution in [1.29, 1.82) is 0 Å². The normalized spacial score (nSPS) is 23.8. The summed E-state index contributed by atoms with van der Waals surface area (Å²) in [5.74, 6) is -0.101. The molecule has 0 bridgehead atoms. The lowest BCUT2D eigenvalue weighted by atomic mass is 9.63. The standard InChI is InChI=1S/C29H22ClNOS/c30-23-16-8-7-15-22(23)26-19-29(21-13-5-2-6-14-21)27(20-11-3-1-4-12-20)28(32)31(29)24-17-9-10-18-25(24)33-26/h1-18,26-27H,19H2. The number of para-hydroxylation sites is 1. The number of hydrogen-bond acceptors (Lipinski definition) is 2. The number of thioether (sulfide) groups is 1. The Kier molecular flexibility index (Phi) is 5.05. The van der Waals surface area contributed by atoms with Crippen molar-refractivity contribution in [3.05, 3.63) is 131 Å². The molecule has 2 aliphatic heterocycles. The molecule has 2 heterocycles. The van der Waals surface area contributed by atoms with Gasteiger partial charge in [-0.1, -0.05) is 103 Å². The zero-order chi connectivity index (χ0) is 22.4. The summed E-state index contributed by atoms with van der Waals surface area (Å²) in [5.41, 5.74) is 3.82. The first-order valence-electron chi connectivity index (χ1n) is 11.1. The van der Waals surface area contributed by atoms with Crippen LogP contribution in [0, 0.1) is 0 Å². The van der Waals surface area contributed by atoms with Crippen LogP contribution in [0.5, 0.6) is 0 Å². The van der Waals surface area contributed by atoms with Crippen molar-refractivity contribution < 1.29 is 4.79 Å². The third-order valence-electron chi connectivity index (χ3n) is 6.87. The van der Waals surface area contributed by atoms with Gasteiger partial charge in [0.15, 0.2) is 0 Å². The number of anilines is 1. The van der Waals surface area contributed by atoms with E-state index in [1.165, 1.54) is 0 Å². The number of amides is 1. The molecule has 0 aliphatic carbocycles. The number of nitrogens with zero attached hydrogens (tertiary/aromatic N) is 1. The first-order valence-corrected chi connectivity index (χ1v) is 12.4. The lowest BCUT2D eigenvalue weighted by Crippen LogP contribution is -2.67. The van der Waals surface area contributed by atoms with Gasteiger partial charge in [0.05, 0.1) is 17.1 Å². The molecule has 162 valence electrons. The maximum atomic E-state index is 13.9. The van der Waals surface area contributed by atoms with Gasteiger partial charge in [0.25, 0.3) is 0 Å². The molecule has 0 aromatic heterocycles. The third kappa shape index (κ3) is 3.14. The van der Waals surface area contributed by atoms with Gasteiger partial charge in [-0.05, 0) is 41.3 Å². The summed E-state index contributed by atoms with van der Waals surface area (Å²) in [7, 11) is 0. The number of β-lactam (4-membered cyclic amide) rings is 1. The zero-order valence-electron chi connectivity index (χ0n) is 17.9. The van der Waals surface area contributed by atoms with E-state index in [-0.39, 0.29) is 17.1 Å². The smallest absolute Gasteiger partial charge is 0.238 e. The quantitative estimate of drug-likeness (QED) is 0.289. The predicted octanol–water partition coefficient (Wildman–Crippen LogP) is 7.60. The van der Waals surface area contributed by atoms with E-state index in [0.29, 0.717) is 0 Å². The van der Waals surface area contributed by atoms with Crippen LogP contribution in [0.25, 0.3) is 0 Å². The van der Waals surface area contributed by atoms with Crippen molar-refractivity contribution in [2.75, 3.05) is 4.90 Å². The molecular weight excluding hydrogens is 446 g/mol. The molecule has 0 saturated carbocycles. The van der Waals surface area contributed by atoms with Crippen LogP contribution in [0.15, 0.2) is 114 Å². The number of hydrogen-bond donors (Lipinski definition) is 0. The fourth-order valence-electron chi connectivity index (χ4n) is 5.47. The van der Waals surface area contributed by atoms with Gasteiger partial charge in [0, 0.05) is 15.2 Å². The van der Waals surface area contributed by atoms with Gasteiger partial charge in [0.1, 0.15) is 0 Å². The van der Waals surface area contributed by atoms with E-state index >= 15 is 0 Å². The minimum atomic E-state index is -0.497. The topological polar surface area (TPSA) is 20.3 Å². The second kappa shape index (κ2) is 8.09. The molecule has 33 heavy (non-hydrogen) atoms. The first kappa shape index (κ1) is 20.6. The van der Waals surface area contributed by atoms with E-state index in [9.17, 15) is 4.79 Å². The molecule has 6 rings (SSSR count). The molecule has 3 atom stereocenters. The number of benzene rings is 4. The van der Waals surface area contributed by atoms with Crippen LogP contribution in [-0.4, -0.2) is 5.91 Å². The van der Waals surface area contributed by atoms with Crippen molar-refractivity contribution in [1.82, 2.24) is 0 Å². The van der Waals surface area contributed by atoms with Crippen molar-refractivity contribution in [3.63, 3.8) is 0 Å². The average Bonchev–Trinajstić information content (AvgIpc) is 2.98.